The van der Waals surface area contributed by atoms with E-state index in [-0.39, 0.29) is 10.8 Å². The Kier molecular flexibility index (Phi) is 7.86. The van der Waals surface area contributed by atoms with E-state index in [1.807, 2.05) is 49.9 Å². The molecular formula is C25H28Cl2N4O3S. The van der Waals surface area contributed by atoms with Gasteiger partial charge < -0.3 is 9.64 Å². The maximum atomic E-state index is 13.5. The summed E-state index contributed by atoms with van der Waals surface area (Å²) in [4.78, 5) is 2.25. The molecule has 186 valence electrons. The standard InChI is InChI=1S/C25H28Cl2N4O3S/c1-4-34-23-9-5-18(17(2)3)15-24(23)35(32,33)31-13-11-30(12-14-31)25-10-8-22(28-29-25)20-7-6-19(26)16-21(20)27/h5-10,15-17H,4,11-14H2,1-3H3. The Morgan fingerprint density at radius 1 is 0.971 bits per heavy atom. The number of rotatable bonds is 7. The van der Waals surface area contributed by atoms with Crippen LogP contribution in [0.25, 0.3) is 11.3 Å². The highest BCUT2D eigenvalue weighted by Gasteiger charge is 2.32. The summed E-state index contributed by atoms with van der Waals surface area (Å²) < 4.78 is 34.2. The Morgan fingerprint density at radius 3 is 2.31 bits per heavy atom. The molecule has 1 aliphatic heterocycles. The molecule has 1 fully saturated rings. The summed E-state index contributed by atoms with van der Waals surface area (Å²) >= 11 is 12.3. The first-order chi connectivity index (χ1) is 16.7. The molecule has 0 unspecified atom stereocenters. The van der Waals surface area contributed by atoms with E-state index < -0.39 is 10.0 Å². The lowest BCUT2D eigenvalue weighted by Gasteiger charge is -2.34. The van der Waals surface area contributed by atoms with Gasteiger partial charge in [-0.15, -0.1) is 10.2 Å². The number of ether oxygens (including phenoxy) is 1. The lowest BCUT2D eigenvalue weighted by atomic mass is 10.0. The van der Waals surface area contributed by atoms with Crippen LogP contribution in [0.4, 0.5) is 5.82 Å². The van der Waals surface area contributed by atoms with Crippen molar-refractivity contribution >= 4 is 39.0 Å². The summed E-state index contributed by atoms with van der Waals surface area (Å²) in [6.45, 7) is 8.01. The third kappa shape index (κ3) is 5.56. The molecule has 0 spiro atoms. The minimum atomic E-state index is -3.71. The fraction of sp³-hybridized carbons (Fsp3) is 0.360. The highest BCUT2D eigenvalue weighted by atomic mass is 35.5. The second kappa shape index (κ2) is 10.7. The van der Waals surface area contributed by atoms with Gasteiger partial charge in [0.2, 0.25) is 10.0 Å². The summed E-state index contributed by atoms with van der Waals surface area (Å²) in [5.41, 5.74) is 2.35. The van der Waals surface area contributed by atoms with Gasteiger partial charge in [-0.25, -0.2) is 8.42 Å². The van der Waals surface area contributed by atoms with Crippen LogP contribution in [0, 0.1) is 0 Å². The average molecular weight is 535 g/mol. The van der Waals surface area contributed by atoms with Crippen LogP contribution in [0.15, 0.2) is 53.4 Å². The zero-order valence-electron chi connectivity index (χ0n) is 19.9. The number of piperazine rings is 1. The summed E-state index contributed by atoms with van der Waals surface area (Å²) in [5, 5.41) is 9.74. The normalized spacial score (nSPS) is 15.0. The molecule has 1 aromatic heterocycles. The largest absolute Gasteiger partial charge is 0.492 e. The molecule has 4 rings (SSSR count). The van der Waals surface area contributed by atoms with Gasteiger partial charge in [0.25, 0.3) is 0 Å². The Balaban J connectivity index is 1.49. The van der Waals surface area contributed by atoms with Crippen molar-refractivity contribution in [3.8, 4) is 17.0 Å². The van der Waals surface area contributed by atoms with E-state index in [9.17, 15) is 8.42 Å². The number of sulfonamides is 1. The maximum Gasteiger partial charge on any atom is 0.246 e. The van der Waals surface area contributed by atoms with Crippen LogP contribution >= 0.6 is 23.2 Å². The molecule has 0 bridgehead atoms. The van der Waals surface area contributed by atoms with Crippen molar-refractivity contribution in [1.82, 2.24) is 14.5 Å². The van der Waals surface area contributed by atoms with E-state index in [0.717, 1.165) is 11.1 Å². The Labute approximate surface area is 216 Å². The summed E-state index contributed by atoms with van der Waals surface area (Å²) in [6.07, 6.45) is 0. The fourth-order valence-corrected chi connectivity index (χ4v) is 6.09. The number of aromatic nitrogens is 2. The SMILES string of the molecule is CCOc1ccc(C(C)C)cc1S(=O)(=O)N1CCN(c2ccc(-c3ccc(Cl)cc3Cl)nn2)CC1. The van der Waals surface area contributed by atoms with Gasteiger partial charge >= 0.3 is 0 Å². The average Bonchev–Trinajstić information content (AvgIpc) is 2.84. The highest BCUT2D eigenvalue weighted by Crippen LogP contribution is 2.32. The molecule has 1 aliphatic rings. The van der Waals surface area contributed by atoms with E-state index >= 15 is 0 Å². The Bertz CT molecular complexity index is 1290. The van der Waals surface area contributed by atoms with Gasteiger partial charge in [-0.2, -0.15) is 4.31 Å². The second-order valence-corrected chi connectivity index (χ2v) is 11.3. The molecule has 10 heteroatoms. The quantitative estimate of drug-likeness (QED) is 0.399. The minimum absolute atomic E-state index is 0.209. The van der Waals surface area contributed by atoms with Gasteiger partial charge in [0, 0.05) is 36.8 Å². The number of anilines is 1. The van der Waals surface area contributed by atoms with Crippen molar-refractivity contribution in [2.75, 3.05) is 37.7 Å². The lowest BCUT2D eigenvalue weighted by Crippen LogP contribution is -2.49. The van der Waals surface area contributed by atoms with Gasteiger partial charge in [-0.3, -0.25) is 0 Å². The predicted molar refractivity (Wildman–Crippen MR) is 140 cm³/mol. The minimum Gasteiger partial charge on any atom is -0.492 e. The Morgan fingerprint density at radius 2 is 1.71 bits per heavy atom. The van der Waals surface area contributed by atoms with Crippen LogP contribution in [0.3, 0.4) is 0 Å². The molecule has 3 aromatic rings. The summed E-state index contributed by atoms with van der Waals surface area (Å²) in [6, 6.07) is 14.4. The van der Waals surface area contributed by atoms with E-state index in [1.165, 1.54) is 4.31 Å². The molecular weight excluding hydrogens is 507 g/mol. The van der Waals surface area contributed by atoms with E-state index in [2.05, 4.69) is 10.2 Å². The van der Waals surface area contributed by atoms with Crippen LogP contribution in [-0.2, 0) is 10.0 Å². The van der Waals surface area contributed by atoms with Crippen LogP contribution in [0.2, 0.25) is 10.0 Å². The van der Waals surface area contributed by atoms with E-state index in [1.54, 1.807) is 24.3 Å². The number of nitrogens with zero attached hydrogens (tertiary/aromatic N) is 4. The van der Waals surface area contributed by atoms with Crippen molar-refractivity contribution in [2.45, 2.75) is 31.6 Å². The first kappa shape index (κ1) is 25.7. The van der Waals surface area contributed by atoms with Crippen molar-refractivity contribution in [3.63, 3.8) is 0 Å². The number of hydrogen-bond acceptors (Lipinski definition) is 6. The number of hydrogen-bond donors (Lipinski definition) is 0. The third-order valence-corrected chi connectivity index (χ3v) is 8.44. The molecule has 7 nitrogen and oxygen atoms in total. The molecule has 2 heterocycles. The van der Waals surface area contributed by atoms with Gasteiger partial charge in [-0.1, -0.05) is 43.1 Å². The van der Waals surface area contributed by atoms with Crippen molar-refractivity contribution in [1.29, 1.82) is 0 Å². The fourth-order valence-electron chi connectivity index (χ4n) is 3.99. The molecule has 2 aromatic carbocycles. The molecule has 35 heavy (non-hydrogen) atoms. The molecule has 0 saturated carbocycles. The number of benzene rings is 2. The molecule has 0 radical (unpaired) electrons. The molecule has 0 N–H and O–H groups in total. The van der Waals surface area contributed by atoms with Crippen molar-refractivity contribution in [3.05, 3.63) is 64.1 Å². The molecule has 0 amide bonds. The topological polar surface area (TPSA) is 75.6 Å². The summed E-state index contributed by atoms with van der Waals surface area (Å²) in [7, 11) is -3.71. The zero-order valence-corrected chi connectivity index (χ0v) is 22.2. The zero-order chi connectivity index (χ0) is 25.2. The predicted octanol–water partition coefficient (Wildman–Crippen LogP) is 5.48. The van der Waals surface area contributed by atoms with Gasteiger partial charge in [0.1, 0.15) is 10.6 Å². The highest BCUT2D eigenvalue weighted by molar-refractivity contribution is 7.89. The van der Waals surface area contributed by atoms with Gasteiger partial charge in [0.15, 0.2) is 5.82 Å². The van der Waals surface area contributed by atoms with Gasteiger partial charge in [0.05, 0.1) is 17.3 Å². The van der Waals surface area contributed by atoms with Crippen molar-refractivity contribution < 1.29 is 13.2 Å². The molecule has 0 atom stereocenters. The van der Waals surface area contributed by atoms with Crippen molar-refractivity contribution in [2.24, 2.45) is 0 Å². The maximum absolute atomic E-state index is 13.5. The third-order valence-electron chi connectivity index (χ3n) is 5.97. The second-order valence-electron chi connectivity index (χ2n) is 8.59. The van der Waals surface area contributed by atoms with E-state index in [0.29, 0.717) is 60.1 Å². The first-order valence-electron chi connectivity index (χ1n) is 11.5. The first-order valence-corrected chi connectivity index (χ1v) is 13.7. The Hall–Kier alpha value is -2.39. The lowest BCUT2D eigenvalue weighted by molar-refractivity contribution is 0.327. The van der Waals surface area contributed by atoms with Crippen LogP contribution in [0.5, 0.6) is 5.75 Å². The van der Waals surface area contributed by atoms with Crippen LogP contribution in [0.1, 0.15) is 32.3 Å². The monoisotopic (exact) mass is 534 g/mol. The van der Waals surface area contributed by atoms with Crippen LogP contribution in [-0.4, -0.2) is 55.7 Å². The summed E-state index contributed by atoms with van der Waals surface area (Å²) in [5.74, 6) is 1.29. The van der Waals surface area contributed by atoms with Crippen LogP contribution < -0.4 is 9.64 Å². The van der Waals surface area contributed by atoms with Gasteiger partial charge in [-0.05, 0) is 60.9 Å². The smallest absolute Gasteiger partial charge is 0.246 e. The van der Waals surface area contributed by atoms with E-state index in [4.69, 9.17) is 27.9 Å². The number of halogens is 2. The molecule has 0 aliphatic carbocycles. The molecule has 1 saturated heterocycles.